The second kappa shape index (κ2) is 6.29. The van der Waals surface area contributed by atoms with Gasteiger partial charge in [-0.25, -0.2) is 4.39 Å². The molecular formula is C12H11BrFNO. The zero-order valence-corrected chi connectivity index (χ0v) is 10.4. The van der Waals surface area contributed by atoms with Crippen LogP contribution in [0.2, 0.25) is 0 Å². The lowest BCUT2D eigenvalue weighted by atomic mass is 10.2. The Morgan fingerprint density at radius 1 is 1.56 bits per heavy atom. The molecule has 2 nitrogen and oxygen atoms in total. The largest absolute Gasteiger partial charge is 0.351 e. The maximum atomic E-state index is 12.9. The second-order valence-corrected chi connectivity index (χ2v) is 3.92. The molecule has 1 aromatic rings. The van der Waals surface area contributed by atoms with Crippen molar-refractivity contribution in [3.05, 3.63) is 34.1 Å². The highest BCUT2D eigenvalue weighted by Gasteiger charge is 2.07. The molecule has 0 saturated heterocycles. The molecule has 0 aliphatic heterocycles. The third-order valence-electron chi connectivity index (χ3n) is 1.89. The van der Waals surface area contributed by atoms with Crippen molar-refractivity contribution < 1.29 is 9.18 Å². The Kier molecular flexibility index (Phi) is 5.00. The van der Waals surface area contributed by atoms with Crippen molar-refractivity contribution in [2.45, 2.75) is 13.3 Å². The van der Waals surface area contributed by atoms with Gasteiger partial charge in [0.1, 0.15) is 5.82 Å². The molecule has 0 unspecified atom stereocenters. The second-order valence-electron chi connectivity index (χ2n) is 3.06. The molecule has 0 atom stereocenters. The van der Waals surface area contributed by atoms with Gasteiger partial charge in [0.2, 0.25) is 0 Å². The molecule has 0 aromatic heterocycles. The van der Waals surface area contributed by atoms with E-state index >= 15 is 0 Å². The molecule has 1 amide bonds. The summed E-state index contributed by atoms with van der Waals surface area (Å²) in [4.78, 5) is 11.6. The maximum Gasteiger partial charge on any atom is 0.251 e. The Balaban J connectivity index is 2.58. The molecule has 0 aliphatic rings. The van der Waals surface area contributed by atoms with Crippen molar-refractivity contribution in [3.8, 4) is 11.8 Å². The molecule has 1 N–H and O–H groups in total. The molecule has 16 heavy (non-hydrogen) atoms. The Morgan fingerprint density at radius 2 is 2.31 bits per heavy atom. The maximum absolute atomic E-state index is 12.9. The molecule has 0 aliphatic carbocycles. The van der Waals surface area contributed by atoms with Gasteiger partial charge < -0.3 is 5.32 Å². The van der Waals surface area contributed by atoms with Crippen molar-refractivity contribution in [2.24, 2.45) is 0 Å². The quantitative estimate of drug-likeness (QED) is 0.671. The first kappa shape index (κ1) is 12.7. The van der Waals surface area contributed by atoms with Gasteiger partial charge in [-0.15, -0.1) is 11.8 Å². The van der Waals surface area contributed by atoms with E-state index in [1.807, 2.05) is 0 Å². The lowest BCUT2D eigenvalue weighted by molar-refractivity contribution is 0.0954. The zero-order valence-electron chi connectivity index (χ0n) is 8.81. The van der Waals surface area contributed by atoms with Crippen molar-refractivity contribution in [1.82, 2.24) is 5.32 Å². The van der Waals surface area contributed by atoms with Gasteiger partial charge in [-0.05, 0) is 41.1 Å². The molecule has 0 bridgehead atoms. The summed E-state index contributed by atoms with van der Waals surface area (Å²) in [6.45, 7) is 2.24. The third-order valence-corrected chi connectivity index (χ3v) is 2.50. The van der Waals surface area contributed by atoms with Crippen LogP contribution in [-0.2, 0) is 0 Å². The highest BCUT2D eigenvalue weighted by Crippen LogP contribution is 2.16. The van der Waals surface area contributed by atoms with Crippen molar-refractivity contribution >= 4 is 21.8 Å². The number of hydrogen-bond acceptors (Lipinski definition) is 1. The minimum absolute atomic E-state index is 0.224. The molecule has 0 radical (unpaired) electrons. The van der Waals surface area contributed by atoms with Gasteiger partial charge in [0.15, 0.2) is 0 Å². The number of halogens is 2. The molecule has 0 heterocycles. The first-order valence-electron chi connectivity index (χ1n) is 4.78. The molecule has 0 saturated carbocycles. The summed E-state index contributed by atoms with van der Waals surface area (Å²) in [6.07, 6.45) is 0.616. The van der Waals surface area contributed by atoms with Crippen LogP contribution in [0.5, 0.6) is 0 Å². The number of hydrogen-bond donors (Lipinski definition) is 1. The van der Waals surface area contributed by atoms with Crippen LogP contribution in [0.15, 0.2) is 22.7 Å². The fourth-order valence-corrected chi connectivity index (χ4v) is 1.48. The summed E-state index contributed by atoms with van der Waals surface area (Å²) in [5.74, 6) is 4.98. The monoisotopic (exact) mass is 283 g/mol. The van der Waals surface area contributed by atoms with E-state index in [4.69, 9.17) is 0 Å². The standard InChI is InChI=1S/C12H11BrFNO/c1-2-3-4-7-15-12(16)9-5-6-11(14)10(13)8-9/h5-6,8H,4,7H2,1H3,(H,15,16). The van der Waals surface area contributed by atoms with Crippen molar-refractivity contribution in [1.29, 1.82) is 0 Å². The van der Waals surface area contributed by atoms with Crippen molar-refractivity contribution in [2.75, 3.05) is 6.54 Å². The number of carbonyl (C=O) groups is 1. The Bertz CT molecular complexity index is 448. The normalized spacial score (nSPS) is 9.19. The molecule has 0 spiro atoms. The van der Waals surface area contributed by atoms with Crippen LogP contribution in [0.1, 0.15) is 23.7 Å². The predicted octanol–water partition coefficient (Wildman–Crippen LogP) is 2.73. The van der Waals surface area contributed by atoms with Gasteiger partial charge in [0, 0.05) is 18.5 Å². The van der Waals surface area contributed by atoms with Gasteiger partial charge >= 0.3 is 0 Å². The summed E-state index contributed by atoms with van der Waals surface area (Å²) in [6, 6.07) is 4.15. The van der Waals surface area contributed by atoms with Gasteiger partial charge in [-0.3, -0.25) is 4.79 Å². The lowest BCUT2D eigenvalue weighted by Crippen LogP contribution is -2.24. The van der Waals surface area contributed by atoms with Gasteiger partial charge in [-0.1, -0.05) is 0 Å². The highest BCUT2D eigenvalue weighted by atomic mass is 79.9. The fourth-order valence-electron chi connectivity index (χ4n) is 1.10. The number of nitrogens with one attached hydrogen (secondary N) is 1. The number of amides is 1. The summed E-state index contributed by atoms with van der Waals surface area (Å²) < 4.78 is 13.2. The van der Waals surface area contributed by atoms with Crippen LogP contribution in [0, 0.1) is 17.7 Å². The number of rotatable bonds is 3. The third kappa shape index (κ3) is 3.67. The van der Waals surface area contributed by atoms with Crippen LogP contribution in [0.4, 0.5) is 4.39 Å². The molecule has 1 aromatic carbocycles. The number of carbonyl (C=O) groups excluding carboxylic acids is 1. The Morgan fingerprint density at radius 3 is 2.94 bits per heavy atom. The van der Waals surface area contributed by atoms with E-state index in [1.165, 1.54) is 18.2 Å². The Labute approximate surface area is 102 Å². The highest BCUT2D eigenvalue weighted by molar-refractivity contribution is 9.10. The van der Waals surface area contributed by atoms with Crippen molar-refractivity contribution in [3.63, 3.8) is 0 Å². The number of benzene rings is 1. The van der Waals surface area contributed by atoms with Crippen LogP contribution < -0.4 is 5.32 Å². The molecule has 0 fully saturated rings. The summed E-state index contributed by atoms with van der Waals surface area (Å²) in [5.41, 5.74) is 0.428. The fraction of sp³-hybridized carbons (Fsp3) is 0.250. The first-order valence-corrected chi connectivity index (χ1v) is 5.57. The predicted molar refractivity (Wildman–Crippen MR) is 64.5 cm³/mol. The minimum Gasteiger partial charge on any atom is -0.351 e. The van der Waals surface area contributed by atoms with Crippen LogP contribution in [0.25, 0.3) is 0 Å². The van der Waals surface area contributed by atoms with E-state index in [0.717, 1.165) is 0 Å². The van der Waals surface area contributed by atoms with E-state index in [9.17, 15) is 9.18 Å². The summed E-state index contributed by atoms with van der Waals surface area (Å²) in [7, 11) is 0. The smallest absolute Gasteiger partial charge is 0.251 e. The molecular weight excluding hydrogens is 273 g/mol. The molecule has 1 rings (SSSR count). The summed E-state index contributed by atoms with van der Waals surface area (Å²) in [5, 5.41) is 2.70. The molecule has 84 valence electrons. The van der Waals surface area contributed by atoms with Gasteiger partial charge in [0.25, 0.3) is 5.91 Å². The minimum atomic E-state index is -0.381. The zero-order chi connectivity index (χ0) is 12.0. The van der Waals surface area contributed by atoms with E-state index in [-0.39, 0.29) is 16.2 Å². The van der Waals surface area contributed by atoms with Gasteiger partial charge in [-0.2, -0.15) is 0 Å². The summed E-state index contributed by atoms with van der Waals surface area (Å²) >= 11 is 3.03. The van der Waals surface area contributed by atoms with E-state index in [1.54, 1.807) is 6.92 Å². The topological polar surface area (TPSA) is 29.1 Å². The average Bonchev–Trinajstić information content (AvgIpc) is 2.28. The SMILES string of the molecule is CC#CCCNC(=O)c1ccc(F)c(Br)c1. The van der Waals surface area contributed by atoms with Gasteiger partial charge in [0.05, 0.1) is 4.47 Å². The van der Waals surface area contributed by atoms with Crippen LogP contribution in [-0.4, -0.2) is 12.5 Å². The molecule has 4 heteroatoms. The van der Waals surface area contributed by atoms with E-state index < -0.39 is 0 Å². The lowest BCUT2D eigenvalue weighted by Gasteiger charge is -2.03. The average molecular weight is 284 g/mol. The van der Waals surface area contributed by atoms with Crippen LogP contribution in [0.3, 0.4) is 0 Å². The first-order chi connectivity index (χ1) is 7.65. The Hall–Kier alpha value is -1.34. The van der Waals surface area contributed by atoms with Crippen LogP contribution >= 0.6 is 15.9 Å². The van der Waals surface area contributed by atoms with E-state index in [0.29, 0.717) is 18.5 Å². The van der Waals surface area contributed by atoms with E-state index in [2.05, 4.69) is 33.1 Å².